The molecule has 0 bridgehead atoms. The van der Waals surface area contributed by atoms with E-state index >= 15 is 0 Å². The number of aromatic hydroxyl groups is 1. The second-order valence-corrected chi connectivity index (χ2v) is 8.29. The number of pyridine rings is 1. The van der Waals surface area contributed by atoms with Gasteiger partial charge in [0.05, 0.1) is 16.7 Å². The highest BCUT2D eigenvalue weighted by Gasteiger charge is 2.39. The highest BCUT2D eigenvalue weighted by atomic mass is 32.1. The van der Waals surface area contributed by atoms with Gasteiger partial charge in [0.15, 0.2) is 5.72 Å². The molecule has 1 aliphatic heterocycles. The van der Waals surface area contributed by atoms with Crippen LogP contribution in [0.4, 0.5) is 5.69 Å². The smallest absolute Gasteiger partial charge is 0.184 e. The van der Waals surface area contributed by atoms with Crippen LogP contribution in [0.3, 0.4) is 0 Å². The molecule has 0 amide bonds. The van der Waals surface area contributed by atoms with Crippen molar-refractivity contribution in [2.45, 2.75) is 53.2 Å². The largest absolute Gasteiger partial charge is 0.507 e. The molecule has 0 fully saturated rings. The van der Waals surface area contributed by atoms with E-state index in [-0.39, 0.29) is 0 Å². The number of phenolic OH excluding ortho intramolecular Hbond substituents is 1. The van der Waals surface area contributed by atoms with Crippen molar-refractivity contribution < 1.29 is 9.84 Å². The molecule has 1 atom stereocenters. The molecule has 4 rings (SSSR count). The van der Waals surface area contributed by atoms with Crippen LogP contribution in [-0.4, -0.2) is 21.3 Å². The highest BCUT2D eigenvalue weighted by Crippen LogP contribution is 2.45. The zero-order valence-corrected chi connectivity index (χ0v) is 18.4. The van der Waals surface area contributed by atoms with Crippen LogP contribution in [0, 0.1) is 27.7 Å². The predicted molar refractivity (Wildman–Crippen MR) is 122 cm³/mol. The summed E-state index contributed by atoms with van der Waals surface area (Å²) in [5.74, 6) is 1.24. The maximum absolute atomic E-state index is 10.5. The van der Waals surface area contributed by atoms with Crippen molar-refractivity contribution in [2.24, 2.45) is 0 Å². The van der Waals surface area contributed by atoms with Crippen LogP contribution in [0.2, 0.25) is 0 Å². The third kappa shape index (κ3) is 3.04. The first-order chi connectivity index (χ1) is 13.8. The molecule has 1 aromatic heterocycles. The number of phenols is 1. The summed E-state index contributed by atoms with van der Waals surface area (Å²) in [4.78, 5) is 6.72. The van der Waals surface area contributed by atoms with Crippen molar-refractivity contribution in [3.8, 4) is 11.5 Å². The molecule has 0 aliphatic carbocycles. The van der Waals surface area contributed by atoms with Gasteiger partial charge in [-0.2, -0.15) is 0 Å². The lowest BCUT2D eigenvalue weighted by atomic mass is 9.89. The van der Waals surface area contributed by atoms with Gasteiger partial charge in [-0.15, -0.1) is 0 Å². The van der Waals surface area contributed by atoms with Gasteiger partial charge in [-0.1, -0.05) is 30.4 Å². The van der Waals surface area contributed by atoms with Crippen LogP contribution in [0.25, 0.3) is 10.9 Å². The van der Waals surface area contributed by atoms with Crippen molar-refractivity contribution in [3.63, 3.8) is 0 Å². The molecule has 3 aromatic rings. The van der Waals surface area contributed by atoms with E-state index < -0.39 is 5.72 Å². The second-order valence-electron chi connectivity index (χ2n) is 8.08. The van der Waals surface area contributed by atoms with Crippen LogP contribution in [-0.2, 0) is 6.42 Å². The van der Waals surface area contributed by atoms with Gasteiger partial charge in [0, 0.05) is 23.1 Å². The molecule has 1 aliphatic rings. The van der Waals surface area contributed by atoms with Crippen molar-refractivity contribution in [3.05, 3.63) is 58.3 Å². The first-order valence-corrected chi connectivity index (χ1v) is 10.4. The number of ether oxygens (including phenoxy) is 1. The molecule has 0 spiro atoms. The number of thiocarbonyl (C=S) groups is 1. The third-order valence-electron chi connectivity index (χ3n) is 6.20. The summed E-state index contributed by atoms with van der Waals surface area (Å²) in [6, 6.07) is 10.2. The summed E-state index contributed by atoms with van der Waals surface area (Å²) in [5.41, 5.74) is 7.77. The van der Waals surface area contributed by atoms with Gasteiger partial charge in [0.2, 0.25) is 0 Å². The molecule has 29 heavy (non-hydrogen) atoms. The summed E-state index contributed by atoms with van der Waals surface area (Å²) in [7, 11) is 0. The molecular weight excluding hydrogens is 380 g/mol. The van der Waals surface area contributed by atoms with Crippen LogP contribution in [0.5, 0.6) is 11.5 Å². The van der Waals surface area contributed by atoms with Gasteiger partial charge in [-0.05, 0) is 69.9 Å². The summed E-state index contributed by atoms with van der Waals surface area (Å²) >= 11 is 5.48. The van der Waals surface area contributed by atoms with E-state index in [1.807, 2.05) is 45.9 Å². The fourth-order valence-electron chi connectivity index (χ4n) is 4.31. The van der Waals surface area contributed by atoms with E-state index in [4.69, 9.17) is 17.0 Å². The fraction of sp³-hybridized carbons (Fsp3) is 0.333. The van der Waals surface area contributed by atoms with Gasteiger partial charge >= 0.3 is 0 Å². The molecule has 1 N–H and O–H groups in total. The van der Waals surface area contributed by atoms with E-state index in [0.717, 1.165) is 63.1 Å². The zero-order chi connectivity index (χ0) is 20.9. The maximum Gasteiger partial charge on any atom is 0.184 e. The summed E-state index contributed by atoms with van der Waals surface area (Å²) in [5, 5.41) is 11.5. The Kier molecular flexibility index (Phi) is 4.74. The number of rotatable bonds is 3. The van der Waals surface area contributed by atoms with Crippen molar-refractivity contribution in [2.75, 3.05) is 4.90 Å². The molecule has 1 unspecified atom stereocenters. The minimum atomic E-state index is -0.633. The van der Waals surface area contributed by atoms with E-state index in [1.165, 1.54) is 0 Å². The Labute approximate surface area is 177 Å². The van der Waals surface area contributed by atoms with E-state index in [9.17, 15) is 5.11 Å². The number of aromatic nitrogens is 1. The van der Waals surface area contributed by atoms with Crippen LogP contribution >= 0.6 is 12.2 Å². The lowest BCUT2D eigenvalue weighted by Crippen LogP contribution is -2.52. The number of fused-ring (bicyclic) bond motifs is 2. The normalized spacial score (nSPS) is 18.2. The Hall–Kier alpha value is -2.66. The van der Waals surface area contributed by atoms with E-state index in [1.54, 1.807) is 5.49 Å². The van der Waals surface area contributed by atoms with Gasteiger partial charge < -0.3 is 9.84 Å². The van der Waals surface area contributed by atoms with Crippen molar-refractivity contribution in [1.82, 2.24) is 4.98 Å². The average molecular weight is 407 g/mol. The molecule has 4 nitrogen and oxygen atoms in total. The van der Waals surface area contributed by atoms with Gasteiger partial charge in [-0.3, -0.25) is 9.88 Å². The van der Waals surface area contributed by atoms with Gasteiger partial charge in [0.25, 0.3) is 0 Å². The standard InChI is InChI=1S/C24H26N2O2S/c1-14-12-21(19-8-6-7-9-20(19)25-14)26(13-29)24(5)11-10-18-17(4)22(27)15(2)16(3)23(18)28-24/h6-9,12-13,27H,10-11H2,1-5H3. The first kappa shape index (κ1) is 19.6. The Morgan fingerprint density at radius 1 is 1.14 bits per heavy atom. The summed E-state index contributed by atoms with van der Waals surface area (Å²) in [6.07, 6.45) is 1.57. The minimum absolute atomic E-state index is 0.371. The van der Waals surface area contributed by atoms with Crippen LogP contribution < -0.4 is 9.64 Å². The average Bonchev–Trinajstić information content (AvgIpc) is 2.71. The summed E-state index contributed by atoms with van der Waals surface area (Å²) in [6.45, 7) is 9.98. The van der Waals surface area contributed by atoms with E-state index in [0.29, 0.717) is 5.75 Å². The Balaban J connectivity index is 1.86. The fourth-order valence-corrected chi connectivity index (χ4v) is 4.65. The number of nitrogens with zero attached hydrogens (tertiary/aromatic N) is 2. The SMILES string of the molecule is Cc1cc(N(C=S)C2(C)CCc3c(C)c(O)c(C)c(C)c3O2)c2ccccc2n1. The molecule has 150 valence electrons. The Bertz CT molecular complexity index is 1140. The van der Waals surface area contributed by atoms with Crippen LogP contribution in [0.1, 0.15) is 41.3 Å². The monoisotopic (exact) mass is 406 g/mol. The number of anilines is 1. The lowest BCUT2D eigenvalue weighted by Gasteiger charge is -2.44. The molecule has 5 heteroatoms. The number of hydrogen-bond donors (Lipinski definition) is 1. The lowest BCUT2D eigenvalue weighted by molar-refractivity contribution is 0.0746. The molecule has 0 saturated carbocycles. The third-order valence-corrected chi connectivity index (χ3v) is 6.41. The highest BCUT2D eigenvalue weighted by molar-refractivity contribution is 7.79. The first-order valence-electron chi connectivity index (χ1n) is 9.88. The molecule has 0 saturated heterocycles. The molecule has 0 radical (unpaired) electrons. The van der Waals surface area contributed by atoms with Crippen LogP contribution in [0.15, 0.2) is 30.3 Å². The number of benzene rings is 2. The zero-order valence-electron chi connectivity index (χ0n) is 17.5. The van der Waals surface area contributed by atoms with Gasteiger partial charge in [0.1, 0.15) is 11.5 Å². The van der Waals surface area contributed by atoms with Gasteiger partial charge in [-0.25, -0.2) is 0 Å². The van der Waals surface area contributed by atoms with E-state index in [2.05, 4.69) is 28.9 Å². The van der Waals surface area contributed by atoms with Crippen molar-refractivity contribution in [1.29, 1.82) is 0 Å². The summed E-state index contributed by atoms with van der Waals surface area (Å²) < 4.78 is 6.66. The number of aryl methyl sites for hydroxylation is 1. The molecule has 2 aromatic carbocycles. The second kappa shape index (κ2) is 6.99. The predicted octanol–water partition coefficient (Wildman–Crippen LogP) is 5.68. The number of para-hydroxylation sites is 1. The van der Waals surface area contributed by atoms with Crippen molar-refractivity contribution >= 4 is 34.3 Å². The molecular formula is C24H26N2O2S. The maximum atomic E-state index is 10.5. The minimum Gasteiger partial charge on any atom is -0.507 e. The number of hydrogen-bond acceptors (Lipinski definition) is 4. The quantitative estimate of drug-likeness (QED) is 0.567. The molecule has 2 heterocycles. The Morgan fingerprint density at radius 2 is 1.86 bits per heavy atom. The Morgan fingerprint density at radius 3 is 2.59 bits per heavy atom. The topological polar surface area (TPSA) is 45.6 Å².